The number of likely N-dealkylation sites (tertiary alicyclic amines) is 1. The second kappa shape index (κ2) is 8.04. The summed E-state index contributed by atoms with van der Waals surface area (Å²) in [4.78, 5) is 29.1. The molecule has 1 aliphatic rings. The monoisotopic (exact) mass is 431 g/mol. The summed E-state index contributed by atoms with van der Waals surface area (Å²) in [5.41, 5.74) is 0.702. The molecule has 1 N–H and O–H groups in total. The number of hydrogen-bond acceptors (Lipinski definition) is 6. The number of aromatic nitrogens is 3. The highest BCUT2D eigenvalue weighted by Gasteiger charge is 2.33. The van der Waals surface area contributed by atoms with E-state index in [9.17, 15) is 9.18 Å². The van der Waals surface area contributed by atoms with Crippen LogP contribution in [-0.2, 0) is 0 Å². The molecule has 1 saturated heterocycles. The fourth-order valence-electron chi connectivity index (χ4n) is 3.49. The van der Waals surface area contributed by atoms with E-state index >= 15 is 0 Å². The molecule has 0 spiro atoms. The smallest absolute Gasteiger partial charge is 0.257 e. The molecule has 0 unspecified atom stereocenters. The van der Waals surface area contributed by atoms with E-state index in [-0.39, 0.29) is 22.5 Å². The Kier molecular flexibility index (Phi) is 5.47. The van der Waals surface area contributed by atoms with Crippen LogP contribution < -0.4 is 5.32 Å². The molecule has 29 heavy (non-hydrogen) atoms. The summed E-state index contributed by atoms with van der Waals surface area (Å²) in [6, 6.07) is 6.05. The van der Waals surface area contributed by atoms with Gasteiger partial charge in [0.25, 0.3) is 5.91 Å². The van der Waals surface area contributed by atoms with Crippen molar-refractivity contribution in [2.24, 2.45) is 0 Å². The highest BCUT2D eigenvalue weighted by Crippen LogP contribution is 2.34. The van der Waals surface area contributed by atoms with Gasteiger partial charge in [-0.1, -0.05) is 17.7 Å². The number of halogens is 2. The molecule has 0 saturated carbocycles. The van der Waals surface area contributed by atoms with Crippen LogP contribution in [0, 0.1) is 19.7 Å². The SMILES string of the molecule is Cc1nc(Nc2ncc(C)s2)cc([C@H]2CCCN2C(=O)c2cccc(Cl)c2F)n1. The minimum absolute atomic E-state index is 0.0215. The first-order chi connectivity index (χ1) is 13.9. The number of amides is 1. The van der Waals surface area contributed by atoms with Crippen molar-refractivity contribution in [3.8, 4) is 0 Å². The normalized spacial score (nSPS) is 16.3. The number of rotatable bonds is 4. The number of carbonyl (C=O) groups is 1. The molecule has 150 valence electrons. The summed E-state index contributed by atoms with van der Waals surface area (Å²) in [7, 11) is 0. The number of anilines is 2. The summed E-state index contributed by atoms with van der Waals surface area (Å²) in [5, 5.41) is 3.88. The number of benzene rings is 1. The van der Waals surface area contributed by atoms with E-state index in [4.69, 9.17) is 11.6 Å². The maximum Gasteiger partial charge on any atom is 0.257 e. The Balaban J connectivity index is 1.63. The van der Waals surface area contributed by atoms with Crippen LogP contribution in [0.1, 0.15) is 45.6 Å². The molecule has 1 amide bonds. The van der Waals surface area contributed by atoms with Gasteiger partial charge < -0.3 is 10.2 Å². The molecule has 0 aliphatic carbocycles. The lowest BCUT2D eigenvalue weighted by Gasteiger charge is -2.25. The summed E-state index contributed by atoms with van der Waals surface area (Å²) >= 11 is 7.39. The van der Waals surface area contributed by atoms with E-state index in [2.05, 4.69) is 20.3 Å². The van der Waals surface area contributed by atoms with Crippen LogP contribution in [-0.4, -0.2) is 32.3 Å². The Bertz CT molecular complexity index is 1070. The number of nitrogens with zero attached hydrogens (tertiary/aromatic N) is 4. The average molecular weight is 432 g/mol. The van der Waals surface area contributed by atoms with E-state index in [1.165, 1.54) is 23.5 Å². The standard InChI is InChI=1S/C20H19ClFN5OS/c1-11-10-23-20(29-11)26-17-9-15(24-12(2)25-17)16-7-4-8-27(16)19(28)13-5-3-6-14(21)18(13)22/h3,5-6,9-10,16H,4,7-8H2,1-2H3,(H,23,24,25,26)/t16-/m1/s1. The van der Waals surface area contributed by atoms with Crippen molar-refractivity contribution in [3.63, 3.8) is 0 Å². The molecule has 1 fully saturated rings. The zero-order valence-corrected chi connectivity index (χ0v) is 17.5. The molecule has 3 heterocycles. The van der Waals surface area contributed by atoms with E-state index in [0.29, 0.717) is 18.2 Å². The average Bonchev–Trinajstić information content (AvgIpc) is 3.32. The van der Waals surface area contributed by atoms with Gasteiger partial charge in [0.15, 0.2) is 10.9 Å². The first-order valence-electron chi connectivity index (χ1n) is 9.22. The van der Waals surface area contributed by atoms with Crippen LogP contribution in [0.15, 0.2) is 30.5 Å². The Morgan fingerprint density at radius 1 is 1.34 bits per heavy atom. The van der Waals surface area contributed by atoms with Crippen molar-refractivity contribution in [1.82, 2.24) is 19.9 Å². The second-order valence-electron chi connectivity index (χ2n) is 6.88. The zero-order chi connectivity index (χ0) is 20.5. The molecule has 1 atom stereocenters. The first kappa shape index (κ1) is 19.7. The van der Waals surface area contributed by atoms with Crippen molar-refractivity contribution in [1.29, 1.82) is 0 Å². The van der Waals surface area contributed by atoms with E-state index in [0.717, 1.165) is 28.5 Å². The molecular formula is C20H19ClFN5OS. The second-order valence-corrected chi connectivity index (χ2v) is 8.53. The van der Waals surface area contributed by atoms with Crippen LogP contribution in [0.3, 0.4) is 0 Å². The molecule has 0 radical (unpaired) electrons. The number of thiazole rings is 1. The maximum atomic E-state index is 14.4. The van der Waals surface area contributed by atoms with Crippen LogP contribution in [0.5, 0.6) is 0 Å². The van der Waals surface area contributed by atoms with Gasteiger partial charge in [0.1, 0.15) is 11.6 Å². The molecule has 1 aromatic carbocycles. The van der Waals surface area contributed by atoms with Crippen molar-refractivity contribution >= 4 is 39.8 Å². The summed E-state index contributed by atoms with van der Waals surface area (Å²) < 4.78 is 14.4. The van der Waals surface area contributed by atoms with E-state index < -0.39 is 5.82 Å². The maximum absolute atomic E-state index is 14.4. The van der Waals surface area contributed by atoms with Gasteiger partial charge in [0, 0.05) is 23.7 Å². The Labute approximate surface area is 176 Å². The molecular weight excluding hydrogens is 413 g/mol. The summed E-state index contributed by atoms with van der Waals surface area (Å²) in [6.07, 6.45) is 3.36. The van der Waals surface area contributed by atoms with Crippen molar-refractivity contribution in [2.75, 3.05) is 11.9 Å². The Hall–Kier alpha value is -2.58. The quantitative estimate of drug-likeness (QED) is 0.624. The number of hydrogen-bond donors (Lipinski definition) is 1. The molecule has 0 bridgehead atoms. The minimum Gasteiger partial charge on any atom is -0.330 e. The van der Waals surface area contributed by atoms with Gasteiger partial charge >= 0.3 is 0 Å². The van der Waals surface area contributed by atoms with Gasteiger partial charge in [-0.15, -0.1) is 11.3 Å². The number of carbonyl (C=O) groups excluding carboxylic acids is 1. The van der Waals surface area contributed by atoms with Gasteiger partial charge in [0.2, 0.25) is 0 Å². The third kappa shape index (κ3) is 4.09. The van der Waals surface area contributed by atoms with Gasteiger partial charge in [-0.25, -0.2) is 19.3 Å². The number of nitrogens with one attached hydrogen (secondary N) is 1. The highest BCUT2D eigenvalue weighted by molar-refractivity contribution is 7.15. The molecule has 9 heteroatoms. The lowest BCUT2D eigenvalue weighted by Crippen LogP contribution is -2.31. The van der Waals surface area contributed by atoms with Crippen LogP contribution in [0.2, 0.25) is 5.02 Å². The van der Waals surface area contributed by atoms with Gasteiger partial charge in [-0.05, 0) is 38.8 Å². The van der Waals surface area contributed by atoms with E-state index in [1.54, 1.807) is 24.1 Å². The van der Waals surface area contributed by atoms with Crippen molar-refractivity contribution in [2.45, 2.75) is 32.7 Å². The van der Waals surface area contributed by atoms with Crippen LogP contribution in [0.25, 0.3) is 0 Å². The lowest BCUT2D eigenvalue weighted by molar-refractivity contribution is 0.0728. The Morgan fingerprint density at radius 3 is 2.93 bits per heavy atom. The fourth-order valence-corrected chi connectivity index (χ4v) is 4.33. The molecule has 3 aromatic rings. The molecule has 1 aliphatic heterocycles. The largest absolute Gasteiger partial charge is 0.330 e. The molecule has 4 rings (SSSR count). The van der Waals surface area contributed by atoms with Gasteiger partial charge in [-0.2, -0.15) is 0 Å². The lowest BCUT2D eigenvalue weighted by atomic mass is 10.1. The fraction of sp³-hybridized carbons (Fsp3) is 0.300. The van der Waals surface area contributed by atoms with Crippen molar-refractivity contribution < 1.29 is 9.18 Å². The Morgan fingerprint density at radius 2 is 2.17 bits per heavy atom. The highest BCUT2D eigenvalue weighted by atomic mass is 35.5. The third-order valence-electron chi connectivity index (χ3n) is 4.75. The molecule has 2 aromatic heterocycles. The predicted molar refractivity (Wildman–Crippen MR) is 111 cm³/mol. The zero-order valence-electron chi connectivity index (χ0n) is 15.9. The van der Waals surface area contributed by atoms with Crippen LogP contribution in [0.4, 0.5) is 15.3 Å². The topological polar surface area (TPSA) is 71.0 Å². The van der Waals surface area contributed by atoms with E-state index in [1.807, 2.05) is 13.0 Å². The summed E-state index contributed by atoms with van der Waals surface area (Å²) in [5.74, 6) is 0.139. The number of aryl methyl sites for hydroxylation is 2. The first-order valence-corrected chi connectivity index (χ1v) is 10.4. The molecule has 6 nitrogen and oxygen atoms in total. The summed E-state index contributed by atoms with van der Waals surface area (Å²) in [6.45, 7) is 4.32. The van der Waals surface area contributed by atoms with Gasteiger partial charge in [0.05, 0.1) is 22.3 Å². The minimum atomic E-state index is -0.690. The predicted octanol–water partition coefficient (Wildman–Crippen LogP) is 5.06. The van der Waals surface area contributed by atoms with Gasteiger partial charge in [-0.3, -0.25) is 4.79 Å². The van der Waals surface area contributed by atoms with Crippen LogP contribution >= 0.6 is 22.9 Å². The third-order valence-corrected chi connectivity index (χ3v) is 5.87. The van der Waals surface area contributed by atoms with Crippen molar-refractivity contribution in [3.05, 3.63) is 63.3 Å².